The number of hydrogen-bond acceptors (Lipinski definition) is 3. The molecule has 0 saturated carbocycles. The Morgan fingerprint density at radius 3 is 3.00 bits per heavy atom. The Bertz CT molecular complexity index is 422. The Morgan fingerprint density at radius 2 is 2.24 bits per heavy atom. The third-order valence-electron chi connectivity index (χ3n) is 2.65. The summed E-state index contributed by atoms with van der Waals surface area (Å²) in [5, 5.41) is 9.33. The fourth-order valence-corrected chi connectivity index (χ4v) is 1.97. The summed E-state index contributed by atoms with van der Waals surface area (Å²) in [5.74, 6) is 0.607. The summed E-state index contributed by atoms with van der Waals surface area (Å²) < 4.78 is 5.33. The summed E-state index contributed by atoms with van der Waals surface area (Å²) in [6.45, 7) is 0.783. The minimum absolute atomic E-state index is 0.0633. The summed E-state index contributed by atoms with van der Waals surface area (Å²) in [4.78, 5) is 13.4. The first-order valence-corrected chi connectivity index (χ1v) is 5.94. The van der Waals surface area contributed by atoms with Crippen molar-refractivity contribution in [2.45, 2.75) is 12.8 Å². The maximum Gasteiger partial charge on any atom is 0.265 e. The summed E-state index contributed by atoms with van der Waals surface area (Å²) in [6.07, 6.45) is 1.44. The predicted octanol–water partition coefficient (Wildman–Crippen LogP) is 1.84. The molecule has 0 bridgehead atoms. The third kappa shape index (κ3) is 2.70. The number of carbonyl (C=O) groups is 1. The van der Waals surface area contributed by atoms with Crippen molar-refractivity contribution in [3.8, 4) is 5.75 Å². The Balaban J connectivity index is 2.20. The number of anilines is 1. The number of rotatable bonds is 4. The number of nitrogens with zero attached hydrogens (tertiary/aromatic N) is 1. The number of ether oxygens (including phenoxy) is 1. The van der Waals surface area contributed by atoms with Crippen molar-refractivity contribution in [2.75, 3.05) is 24.7 Å². The monoisotopic (exact) mass is 255 g/mol. The number of aliphatic hydroxyl groups is 1. The average molecular weight is 256 g/mol. The van der Waals surface area contributed by atoms with E-state index in [4.69, 9.17) is 21.4 Å². The SMILES string of the molecule is O=C1COc2ccc(Cl)cc2N1CCCCO. The molecule has 1 aliphatic heterocycles. The summed E-state index contributed by atoms with van der Waals surface area (Å²) >= 11 is 5.92. The van der Waals surface area contributed by atoms with Crippen LogP contribution < -0.4 is 9.64 Å². The van der Waals surface area contributed by atoms with Gasteiger partial charge in [-0.3, -0.25) is 4.79 Å². The Labute approximate surface area is 105 Å². The molecule has 1 heterocycles. The fourth-order valence-electron chi connectivity index (χ4n) is 1.80. The molecule has 1 N–H and O–H groups in total. The van der Waals surface area contributed by atoms with E-state index in [1.54, 1.807) is 23.1 Å². The lowest BCUT2D eigenvalue weighted by Crippen LogP contribution is -2.39. The molecule has 5 heteroatoms. The van der Waals surface area contributed by atoms with Gasteiger partial charge in [0.25, 0.3) is 5.91 Å². The van der Waals surface area contributed by atoms with Crippen LogP contribution in [0, 0.1) is 0 Å². The second kappa shape index (κ2) is 5.38. The molecule has 0 atom stereocenters. The van der Waals surface area contributed by atoms with Crippen molar-refractivity contribution in [3.05, 3.63) is 23.2 Å². The smallest absolute Gasteiger partial charge is 0.265 e. The third-order valence-corrected chi connectivity index (χ3v) is 2.89. The van der Waals surface area contributed by atoms with Crippen molar-refractivity contribution >= 4 is 23.2 Å². The highest BCUT2D eigenvalue weighted by Crippen LogP contribution is 2.34. The van der Waals surface area contributed by atoms with Gasteiger partial charge in [0, 0.05) is 18.2 Å². The zero-order valence-corrected chi connectivity index (χ0v) is 10.1. The van der Waals surface area contributed by atoms with E-state index < -0.39 is 0 Å². The van der Waals surface area contributed by atoms with E-state index in [9.17, 15) is 4.79 Å². The minimum atomic E-state index is -0.0716. The zero-order valence-electron chi connectivity index (χ0n) is 9.36. The topological polar surface area (TPSA) is 49.8 Å². The largest absolute Gasteiger partial charge is 0.482 e. The molecule has 0 saturated heterocycles. The van der Waals surface area contributed by atoms with E-state index in [1.165, 1.54) is 0 Å². The van der Waals surface area contributed by atoms with Crippen molar-refractivity contribution in [1.29, 1.82) is 0 Å². The first kappa shape index (κ1) is 12.2. The molecule has 0 fully saturated rings. The van der Waals surface area contributed by atoms with E-state index in [1.807, 2.05) is 0 Å². The number of amides is 1. The highest BCUT2D eigenvalue weighted by atomic mass is 35.5. The quantitative estimate of drug-likeness (QED) is 0.836. The Hall–Kier alpha value is -1.26. The van der Waals surface area contributed by atoms with Crippen LogP contribution in [-0.2, 0) is 4.79 Å². The van der Waals surface area contributed by atoms with Gasteiger partial charge < -0.3 is 14.7 Å². The first-order chi connectivity index (χ1) is 8.22. The van der Waals surface area contributed by atoms with Crippen molar-refractivity contribution < 1.29 is 14.6 Å². The van der Waals surface area contributed by atoms with Crippen molar-refractivity contribution in [1.82, 2.24) is 0 Å². The fraction of sp³-hybridized carbons (Fsp3) is 0.417. The minimum Gasteiger partial charge on any atom is -0.482 e. The van der Waals surface area contributed by atoms with E-state index in [2.05, 4.69) is 0 Å². The lowest BCUT2D eigenvalue weighted by Gasteiger charge is -2.29. The number of hydrogen-bond donors (Lipinski definition) is 1. The molecule has 0 aliphatic carbocycles. The van der Waals surface area contributed by atoms with Crippen LogP contribution >= 0.6 is 11.6 Å². The molecule has 0 aromatic heterocycles. The second-order valence-corrected chi connectivity index (χ2v) is 4.31. The first-order valence-electron chi connectivity index (χ1n) is 5.56. The molecular weight excluding hydrogens is 242 g/mol. The van der Waals surface area contributed by atoms with Crippen molar-refractivity contribution in [3.63, 3.8) is 0 Å². The van der Waals surface area contributed by atoms with Gasteiger partial charge in [-0.1, -0.05) is 11.6 Å². The molecule has 0 radical (unpaired) electrons. The number of unbranched alkanes of at least 4 members (excludes halogenated alkanes) is 1. The van der Waals surface area contributed by atoms with Gasteiger partial charge in [-0.05, 0) is 31.0 Å². The normalized spacial score (nSPS) is 14.5. The van der Waals surface area contributed by atoms with Crippen LogP contribution in [0.15, 0.2) is 18.2 Å². The van der Waals surface area contributed by atoms with Gasteiger partial charge in [0.2, 0.25) is 0 Å². The molecule has 4 nitrogen and oxygen atoms in total. The van der Waals surface area contributed by atoms with Crippen molar-refractivity contribution in [2.24, 2.45) is 0 Å². The maximum absolute atomic E-state index is 11.8. The van der Waals surface area contributed by atoms with Crippen LogP contribution in [0.3, 0.4) is 0 Å². The van der Waals surface area contributed by atoms with Gasteiger partial charge in [-0.2, -0.15) is 0 Å². The van der Waals surface area contributed by atoms with E-state index in [-0.39, 0.29) is 19.1 Å². The number of fused-ring (bicyclic) bond motifs is 1. The van der Waals surface area contributed by atoms with Crippen LogP contribution in [0.2, 0.25) is 5.02 Å². The summed E-state index contributed by atoms with van der Waals surface area (Å²) in [5.41, 5.74) is 0.715. The van der Waals surface area contributed by atoms with Gasteiger partial charge in [0.15, 0.2) is 6.61 Å². The molecule has 1 aromatic carbocycles. The molecule has 0 spiro atoms. The van der Waals surface area contributed by atoms with Crippen LogP contribution in [0.25, 0.3) is 0 Å². The zero-order chi connectivity index (χ0) is 12.3. The van der Waals surface area contributed by atoms with Crippen LogP contribution in [0.4, 0.5) is 5.69 Å². The lowest BCUT2D eigenvalue weighted by molar-refractivity contribution is -0.121. The molecule has 1 aromatic rings. The van der Waals surface area contributed by atoms with Gasteiger partial charge in [-0.25, -0.2) is 0 Å². The van der Waals surface area contributed by atoms with Crippen LogP contribution in [0.1, 0.15) is 12.8 Å². The molecular formula is C12H14ClNO3. The number of halogens is 1. The summed E-state index contributed by atoms with van der Waals surface area (Å²) in [6, 6.07) is 5.23. The Morgan fingerprint density at radius 1 is 1.41 bits per heavy atom. The average Bonchev–Trinajstić information content (AvgIpc) is 2.32. The van der Waals surface area contributed by atoms with Gasteiger partial charge in [0.05, 0.1) is 5.69 Å². The predicted molar refractivity (Wildman–Crippen MR) is 65.6 cm³/mol. The van der Waals surface area contributed by atoms with E-state index in [0.29, 0.717) is 29.4 Å². The number of benzene rings is 1. The molecule has 92 valence electrons. The number of carbonyl (C=O) groups excluding carboxylic acids is 1. The Kier molecular flexibility index (Phi) is 3.86. The van der Waals surface area contributed by atoms with E-state index in [0.717, 1.165) is 6.42 Å². The molecule has 17 heavy (non-hydrogen) atoms. The number of aliphatic hydroxyl groups excluding tert-OH is 1. The highest BCUT2D eigenvalue weighted by Gasteiger charge is 2.24. The second-order valence-electron chi connectivity index (χ2n) is 3.88. The molecule has 2 rings (SSSR count). The summed E-state index contributed by atoms with van der Waals surface area (Å²) in [7, 11) is 0. The molecule has 1 aliphatic rings. The lowest BCUT2D eigenvalue weighted by atomic mass is 10.2. The van der Waals surface area contributed by atoms with Gasteiger partial charge in [-0.15, -0.1) is 0 Å². The standard InChI is InChI=1S/C12H14ClNO3/c13-9-3-4-11-10(7-9)14(5-1-2-6-15)12(16)8-17-11/h3-4,7,15H,1-2,5-6,8H2. The highest BCUT2D eigenvalue weighted by molar-refractivity contribution is 6.31. The van der Waals surface area contributed by atoms with Gasteiger partial charge in [0.1, 0.15) is 5.75 Å². The van der Waals surface area contributed by atoms with Crippen LogP contribution in [-0.4, -0.2) is 30.8 Å². The van der Waals surface area contributed by atoms with E-state index >= 15 is 0 Å². The maximum atomic E-state index is 11.8. The van der Waals surface area contributed by atoms with Gasteiger partial charge >= 0.3 is 0 Å². The van der Waals surface area contributed by atoms with Crippen LogP contribution in [0.5, 0.6) is 5.75 Å². The molecule has 1 amide bonds. The molecule has 0 unspecified atom stereocenters.